The average molecular weight is 632 g/mol. The number of carbonyl (C=O) groups excluding carboxylic acids is 2. The highest BCUT2D eigenvalue weighted by molar-refractivity contribution is 6.03. The van der Waals surface area contributed by atoms with Gasteiger partial charge in [0.05, 0.1) is 6.33 Å². The van der Waals surface area contributed by atoms with Gasteiger partial charge in [0.1, 0.15) is 23.9 Å². The van der Waals surface area contributed by atoms with Gasteiger partial charge in [-0.25, -0.2) is 19.8 Å². The Morgan fingerprint density at radius 3 is 2.50 bits per heavy atom. The van der Waals surface area contributed by atoms with Gasteiger partial charge in [0, 0.05) is 45.0 Å². The predicted molar refractivity (Wildman–Crippen MR) is 172 cm³/mol. The number of ether oxygens (including phenoxy) is 1. The molecule has 2 atom stereocenters. The van der Waals surface area contributed by atoms with Crippen molar-refractivity contribution in [2.75, 3.05) is 11.9 Å². The van der Waals surface area contributed by atoms with Crippen molar-refractivity contribution in [3.05, 3.63) is 68.5 Å². The molecule has 16 heteroatoms. The maximum atomic E-state index is 13.2. The second-order valence-corrected chi connectivity index (χ2v) is 10.7. The van der Waals surface area contributed by atoms with Crippen LogP contribution in [0.15, 0.2) is 45.2 Å². The number of aryl methyl sites for hydroxylation is 2. The van der Waals surface area contributed by atoms with Gasteiger partial charge < -0.3 is 25.7 Å². The number of amides is 2. The number of nitrogens with two attached hydrogens (primary N) is 1. The Labute approximate surface area is 263 Å². The van der Waals surface area contributed by atoms with E-state index in [-0.39, 0.29) is 41.0 Å². The third-order valence-corrected chi connectivity index (χ3v) is 7.80. The number of amidine groups is 1. The molecule has 1 aliphatic heterocycles. The van der Waals surface area contributed by atoms with Crippen molar-refractivity contribution in [3.8, 4) is 0 Å². The number of hydrogen-bond acceptors (Lipinski definition) is 9. The molecule has 0 radical (unpaired) electrons. The third kappa shape index (κ3) is 5.98. The average Bonchev–Trinajstić information content (AvgIpc) is 3.76. The van der Waals surface area contributed by atoms with Crippen LogP contribution in [0, 0.1) is 5.41 Å². The molecule has 4 heterocycles. The van der Waals surface area contributed by atoms with Crippen LogP contribution in [-0.2, 0) is 36.1 Å². The highest BCUT2D eigenvalue weighted by atomic mass is 16.5. The summed E-state index contributed by atoms with van der Waals surface area (Å²) in [5, 5.41) is 13.5. The number of anilines is 1. The minimum absolute atomic E-state index is 0.000190. The fourth-order valence-corrected chi connectivity index (χ4v) is 5.47. The van der Waals surface area contributed by atoms with E-state index < -0.39 is 29.5 Å². The Hall–Kier alpha value is -5.38. The third-order valence-electron chi connectivity index (χ3n) is 7.80. The lowest BCUT2D eigenvalue weighted by Gasteiger charge is -2.16. The number of carbonyl (C=O) groups is 2. The van der Waals surface area contributed by atoms with Crippen LogP contribution in [0.25, 0.3) is 11.2 Å². The number of aromatic nitrogens is 6. The number of fused-ring (bicyclic) bond motifs is 1. The van der Waals surface area contributed by atoms with E-state index in [0.717, 1.165) is 10.1 Å². The molecule has 0 spiro atoms. The normalized spacial score (nSPS) is 16.3. The molecule has 0 unspecified atom stereocenters. The van der Waals surface area contributed by atoms with Crippen molar-refractivity contribution >= 4 is 46.5 Å². The first-order valence-electron chi connectivity index (χ1n) is 15.1. The number of imidazole rings is 2. The quantitative estimate of drug-likeness (QED) is 0.140. The Morgan fingerprint density at radius 2 is 1.85 bits per heavy atom. The Morgan fingerprint density at radius 1 is 1.13 bits per heavy atom. The van der Waals surface area contributed by atoms with Crippen molar-refractivity contribution in [2.45, 2.75) is 65.5 Å². The number of hydrogen-bond donors (Lipinski definition) is 4. The SMILES string of the molecule is CCNC(=O)[C@@H]1CC[C@H](n2cnc(C(=N)N)c2N=CCc2ccc(NC(=O)c3nc4c(c(=O)n(CC)c(=O)n4CC)n3C)cc2)O1. The lowest BCUT2D eigenvalue weighted by Crippen LogP contribution is -2.39. The fraction of sp³-hybridized carbons (Fsp3) is 0.400. The van der Waals surface area contributed by atoms with E-state index in [2.05, 4.69) is 25.6 Å². The van der Waals surface area contributed by atoms with Crippen molar-refractivity contribution in [1.82, 2.24) is 33.6 Å². The van der Waals surface area contributed by atoms with Gasteiger partial charge in [0.25, 0.3) is 11.5 Å². The molecule has 3 aromatic heterocycles. The van der Waals surface area contributed by atoms with Crippen LogP contribution >= 0.6 is 0 Å². The topological polar surface area (TPSA) is 209 Å². The fourth-order valence-electron chi connectivity index (χ4n) is 5.47. The monoisotopic (exact) mass is 631 g/mol. The van der Waals surface area contributed by atoms with E-state index in [1.807, 2.05) is 19.1 Å². The van der Waals surface area contributed by atoms with Gasteiger partial charge >= 0.3 is 5.69 Å². The molecular weight excluding hydrogens is 594 g/mol. The highest BCUT2D eigenvalue weighted by Gasteiger charge is 2.33. The lowest BCUT2D eigenvalue weighted by atomic mass is 10.1. The van der Waals surface area contributed by atoms with Crippen LogP contribution in [0.5, 0.6) is 0 Å². The molecule has 0 aliphatic carbocycles. The van der Waals surface area contributed by atoms with Gasteiger partial charge in [-0.2, -0.15) is 0 Å². The van der Waals surface area contributed by atoms with Crippen molar-refractivity contribution in [3.63, 3.8) is 0 Å². The highest BCUT2D eigenvalue weighted by Crippen LogP contribution is 2.33. The van der Waals surface area contributed by atoms with E-state index >= 15 is 0 Å². The van der Waals surface area contributed by atoms with E-state index in [4.69, 9.17) is 15.9 Å². The Bertz CT molecular complexity index is 1950. The van der Waals surface area contributed by atoms with E-state index in [9.17, 15) is 19.2 Å². The van der Waals surface area contributed by atoms with Crippen LogP contribution in [0.3, 0.4) is 0 Å². The number of nitrogen functional groups attached to an aromatic ring is 1. The summed E-state index contributed by atoms with van der Waals surface area (Å²) in [6.07, 6.45) is 3.68. The number of rotatable bonds is 11. The van der Waals surface area contributed by atoms with Crippen molar-refractivity contribution in [1.29, 1.82) is 5.41 Å². The predicted octanol–water partition coefficient (Wildman–Crippen LogP) is 1.43. The molecule has 1 saturated heterocycles. The zero-order chi connectivity index (χ0) is 33.1. The molecule has 5 rings (SSSR count). The summed E-state index contributed by atoms with van der Waals surface area (Å²) in [5.41, 5.74) is 6.75. The number of benzene rings is 1. The maximum absolute atomic E-state index is 13.2. The zero-order valence-corrected chi connectivity index (χ0v) is 26.1. The zero-order valence-electron chi connectivity index (χ0n) is 26.1. The van der Waals surface area contributed by atoms with Crippen LogP contribution in [0.4, 0.5) is 11.5 Å². The van der Waals surface area contributed by atoms with Crippen molar-refractivity contribution in [2.24, 2.45) is 17.8 Å². The summed E-state index contributed by atoms with van der Waals surface area (Å²) in [4.78, 5) is 64.3. The summed E-state index contributed by atoms with van der Waals surface area (Å²) >= 11 is 0. The number of nitrogens with zero attached hydrogens (tertiary/aromatic N) is 7. The maximum Gasteiger partial charge on any atom is 0.332 e. The Balaban J connectivity index is 1.29. The van der Waals surface area contributed by atoms with Gasteiger partial charge in [-0.1, -0.05) is 12.1 Å². The van der Waals surface area contributed by atoms with Crippen molar-refractivity contribution < 1.29 is 14.3 Å². The van der Waals surface area contributed by atoms with E-state index in [1.54, 1.807) is 43.8 Å². The standard InChI is InChI=1S/C30H37N11O5/c1-5-33-27(42)19-12-13-20(46-19)41-16-35-21(23(31)32)24(41)34-15-14-17-8-10-18(11-9-17)36-28(43)26-37-25-22(38(26)4)29(44)40(7-3)30(45)39(25)6-2/h8-11,15-16,19-20H,5-7,12-14H2,1-4H3,(H3,31,32)(H,33,42)(H,36,43)/t19-,20+/m0/s1. The number of likely N-dealkylation sites (N-methyl/N-ethyl adjacent to an activating group) is 1. The summed E-state index contributed by atoms with van der Waals surface area (Å²) in [7, 11) is 1.57. The van der Waals surface area contributed by atoms with Gasteiger partial charge in [-0.3, -0.25) is 33.5 Å². The first kappa shape index (κ1) is 32.0. The molecule has 4 aromatic rings. The van der Waals surface area contributed by atoms with Gasteiger partial charge in [0.2, 0.25) is 11.7 Å². The minimum Gasteiger partial charge on any atom is -0.382 e. The summed E-state index contributed by atoms with van der Waals surface area (Å²) in [6, 6.07) is 7.11. The first-order valence-corrected chi connectivity index (χ1v) is 15.1. The molecule has 0 saturated carbocycles. The lowest BCUT2D eigenvalue weighted by molar-refractivity contribution is -0.133. The van der Waals surface area contributed by atoms with Gasteiger partial charge in [-0.15, -0.1) is 0 Å². The largest absolute Gasteiger partial charge is 0.382 e. The second-order valence-electron chi connectivity index (χ2n) is 10.7. The van der Waals surface area contributed by atoms with Crippen LogP contribution in [0.2, 0.25) is 0 Å². The molecule has 1 fully saturated rings. The molecule has 5 N–H and O–H groups in total. The van der Waals surface area contributed by atoms with Crippen LogP contribution in [-0.4, -0.2) is 64.7 Å². The Kier molecular flexibility index (Phi) is 9.27. The molecule has 16 nitrogen and oxygen atoms in total. The molecule has 0 bridgehead atoms. The molecule has 242 valence electrons. The minimum atomic E-state index is -0.573. The molecular formula is C30H37N11O5. The van der Waals surface area contributed by atoms with Gasteiger partial charge in [0.15, 0.2) is 17.0 Å². The summed E-state index contributed by atoms with van der Waals surface area (Å²) in [5.74, 6) is -0.573. The molecule has 46 heavy (non-hydrogen) atoms. The molecule has 1 aromatic carbocycles. The smallest absolute Gasteiger partial charge is 0.332 e. The van der Waals surface area contributed by atoms with E-state index in [1.165, 1.54) is 15.5 Å². The number of aliphatic imine (C=N–C) groups is 1. The van der Waals surface area contributed by atoms with Crippen LogP contribution in [0.1, 0.15) is 61.7 Å². The first-order chi connectivity index (χ1) is 22.1. The van der Waals surface area contributed by atoms with E-state index in [0.29, 0.717) is 43.9 Å². The number of nitrogens with one attached hydrogen (secondary N) is 3. The molecule has 1 aliphatic rings. The second kappa shape index (κ2) is 13.3. The molecule has 2 amide bonds. The summed E-state index contributed by atoms with van der Waals surface area (Å²) < 4.78 is 11.5. The van der Waals surface area contributed by atoms with Gasteiger partial charge in [-0.05, 0) is 51.3 Å². The summed E-state index contributed by atoms with van der Waals surface area (Å²) in [6.45, 7) is 6.34. The van der Waals surface area contributed by atoms with Crippen LogP contribution < -0.4 is 27.6 Å².